The molecule has 0 spiro atoms. The molecule has 9 nitrogen and oxygen atoms in total. The fraction of sp³-hybridized carbons (Fsp3) is 0.667. The third-order valence-electron chi connectivity index (χ3n) is 7.07. The second-order valence-electron chi connectivity index (χ2n) is 9.19. The van der Waals surface area contributed by atoms with Gasteiger partial charge in [-0.3, -0.25) is 19.4 Å². The summed E-state index contributed by atoms with van der Waals surface area (Å²) in [6.45, 7) is 8.68. The molecule has 1 atom stereocenters. The number of morpholine rings is 1. The predicted molar refractivity (Wildman–Crippen MR) is 121 cm³/mol. The van der Waals surface area contributed by atoms with Gasteiger partial charge in [0, 0.05) is 45.8 Å². The highest BCUT2D eigenvalue weighted by atomic mass is 16.6. The molecule has 0 aromatic heterocycles. The van der Waals surface area contributed by atoms with Crippen molar-refractivity contribution >= 4 is 11.8 Å². The normalized spacial score (nSPS) is 24.2. The van der Waals surface area contributed by atoms with Gasteiger partial charge in [0.15, 0.2) is 11.5 Å². The second kappa shape index (κ2) is 10.3. The third-order valence-corrected chi connectivity index (χ3v) is 7.07. The number of nitrogens with zero attached hydrogens (tertiary/aromatic N) is 4. The SMILES string of the molecule is O=C(CN1CCOCC1)N1CCN(CC(=O)N2CCCC2c2ccc3c(c2)OCCO3)CC1. The minimum atomic E-state index is 0.0877. The molecule has 33 heavy (non-hydrogen) atoms. The minimum Gasteiger partial charge on any atom is -0.486 e. The van der Waals surface area contributed by atoms with Gasteiger partial charge in [-0.2, -0.15) is 0 Å². The number of amides is 2. The first-order valence-electron chi connectivity index (χ1n) is 12.2. The second-order valence-corrected chi connectivity index (χ2v) is 9.19. The van der Waals surface area contributed by atoms with E-state index in [4.69, 9.17) is 14.2 Å². The Hall–Kier alpha value is -2.36. The molecule has 4 aliphatic heterocycles. The van der Waals surface area contributed by atoms with Crippen molar-refractivity contribution in [2.24, 2.45) is 0 Å². The van der Waals surface area contributed by atoms with Crippen LogP contribution in [-0.4, -0.2) is 117 Å². The molecule has 1 unspecified atom stereocenters. The molecule has 1 aromatic rings. The number of ether oxygens (including phenoxy) is 3. The lowest BCUT2D eigenvalue weighted by Gasteiger charge is -2.37. The Morgan fingerprint density at radius 1 is 0.788 bits per heavy atom. The lowest BCUT2D eigenvalue weighted by Crippen LogP contribution is -2.53. The van der Waals surface area contributed by atoms with E-state index in [-0.39, 0.29) is 17.9 Å². The largest absolute Gasteiger partial charge is 0.486 e. The summed E-state index contributed by atoms with van der Waals surface area (Å²) in [5.41, 5.74) is 1.11. The average molecular weight is 459 g/mol. The summed E-state index contributed by atoms with van der Waals surface area (Å²) in [6, 6.07) is 6.13. The van der Waals surface area contributed by atoms with Gasteiger partial charge >= 0.3 is 0 Å². The fourth-order valence-electron chi connectivity index (χ4n) is 5.17. The van der Waals surface area contributed by atoms with E-state index in [1.165, 1.54) is 0 Å². The van der Waals surface area contributed by atoms with Gasteiger partial charge in [0.05, 0.1) is 32.3 Å². The van der Waals surface area contributed by atoms with E-state index in [1.807, 2.05) is 21.9 Å². The van der Waals surface area contributed by atoms with Crippen molar-refractivity contribution in [1.82, 2.24) is 19.6 Å². The summed E-state index contributed by atoms with van der Waals surface area (Å²) in [6.07, 6.45) is 1.98. The molecule has 4 aliphatic rings. The van der Waals surface area contributed by atoms with Crippen LogP contribution in [0.4, 0.5) is 0 Å². The third kappa shape index (κ3) is 5.26. The quantitative estimate of drug-likeness (QED) is 0.640. The zero-order valence-electron chi connectivity index (χ0n) is 19.2. The Morgan fingerprint density at radius 2 is 1.48 bits per heavy atom. The van der Waals surface area contributed by atoms with Crippen molar-refractivity contribution in [2.75, 3.05) is 85.3 Å². The van der Waals surface area contributed by atoms with E-state index in [1.54, 1.807) is 0 Å². The zero-order chi connectivity index (χ0) is 22.6. The molecule has 0 N–H and O–H groups in total. The average Bonchev–Trinajstić information content (AvgIpc) is 3.35. The molecule has 0 aliphatic carbocycles. The highest BCUT2D eigenvalue weighted by Crippen LogP contribution is 2.38. The minimum absolute atomic E-state index is 0.0877. The Kier molecular flexibility index (Phi) is 6.99. The molecule has 0 saturated carbocycles. The van der Waals surface area contributed by atoms with Crippen molar-refractivity contribution in [3.05, 3.63) is 23.8 Å². The first kappa shape index (κ1) is 22.4. The van der Waals surface area contributed by atoms with Crippen LogP contribution in [0.2, 0.25) is 0 Å². The van der Waals surface area contributed by atoms with Crippen LogP contribution in [0.3, 0.4) is 0 Å². The number of likely N-dealkylation sites (tertiary alicyclic amines) is 1. The van der Waals surface area contributed by atoms with Crippen LogP contribution in [0, 0.1) is 0 Å². The number of hydrogen-bond donors (Lipinski definition) is 0. The van der Waals surface area contributed by atoms with Crippen LogP contribution in [0.1, 0.15) is 24.4 Å². The fourth-order valence-corrected chi connectivity index (χ4v) is 5.17. The Bertz CT molecular complexity index is 851. The van der Waals surface area contributed by atoms with Gasteiger partial charge < -0.3 is 24.0 Å². The molecule has 0 radical (unpaired) electrons. The maximum Gasteiger partial charge on any atom is 0.237 e. The summed E-state index contributed by atoms with van der Waals surface area (Å²) in [4.78, 5) is 34.1. The van der Waals surface area contributed by atoms with Crippen molar-refractivity contribution in [1.29, 1.82) is 0 Å². The van der Waals surface area contributed by atoms with E-state index in [0.717, 1.165) is 62.6 Å². The maximum absolute atomic E-state index is 13.2. The van der Waals surface area contributed by atoms with Crippen molar-refractivity contribution in [3.63, 3.8) is 0 Å². The van der Waals surface area contributed by atoms with E-state index >= 15 is 0 Å². The molecular formula is C24H34N4O5. The predicted octanol–water partition coefficient (Wildman–Crippen LogP) is 0.598. The van der Waals surface area contributed by atoms with Gasteiger partial charge in [-0.25, -0.2) is 0 Å². The number of hydrogen-bond acceptors (Lipinski definition) is 7. The lowest BCUT2D eigenvalue weighted by molar-refractivity contribution is -0.136. The maximum atomic E-state index is 13.2. The Labute approximate surface area is 195 Å². The van der Waals surface area contributed by atoms with Gasteiger partial charge in [-0.15, -0.1) is 0 Å². The lowest BCUT2D eigenvalue weighted by atomic mass is 10.0. The summed E-state index contributed by atoms with van der Waals surface area (Å²) in [7, 11) is 0. The number of carbonyl (C=O) groups excluding carboxylic acids is 2. The smallest absolute Gasteiger partial charge is 0.237 e. The van der Waals surface area contributed by atoms with E-state index in [9.17, 15) is 9.59 Å². The molecule has 2 amide bonds. The molecule has 3 saturated heterocycles. The van der Waals surface area contributed by atoms with E-state index in [2.05, 4.69) is 15.9 Å². The first-order valence-corrected chi connectivity index (χ1v) is 12.2. The molecule has 5 rings (SSSR count). The number of rotatable bonds is 5. The van der Waals surface area contributed by atoms with E-state index in [0.29, 0.717) is 52.6 Å². The van der Waals surface area contributed by atoms with Crippen LogP contribution >= 0.6 is 0 Å². The topological polar surface area (TPSA) is 74.8 Å². The highest BCUT2D eigenvalue weighted by molar-refractivity contribution is 5.80. The van der Waals surface area contributed by atoms with Gasteiger partial charge in [0.1, 0.15) is 13.2 Å². The molecule has 3 fully saturated rings. The summed E-state index contributed by atoms with van der Waals surface area (Å²) >= 11 is 0. The number of fused-ring (bicyclic) bond motifs is 1. The van der Waals surface area contributed by atoms with Crippen molar-refractivity contribution < 1.29 is 23.8 Å². The van der Waals surface area contributed by atoms with Crippen molar-refractivity contribution in [2.45, 2.75) is 18.9 Å². The molecule has 9 heteroatoms. The molecule has 1 aromatic carbocycles. The molecule has 4 heterocycles. The van der Waals surface area contributed by atoms with Crippen LogP contribution < -0.4 is 9.47 Å². The van der Waals surface area contributed by atoms with Gasteiger partial charge in [0.25, 0.3) is 0 Å². The van der Waals surface area contributed by atoms with Crippen LogP contribution in [-0.2, 0) is 14.3 Å². The molecule has 0 bridgehead atoms. The van der Waals surface area contributed by atoms with Crippen LogP contribution in [0.15, 0.2) is 18.2 Å². The van der Waals surface area contributed by atoms with Crippen LogP contribution in [0.5, 0.6) is 11.5 Å². The first-order chi connectivity index (χ1) is 16.2. The van der Waals surface area contributed by atoms with Gasteiger partial charge in [-0.05, 0) is 30.5 Å². The zero-order valence-corrected chi connectivity index (χ0v) is 19.2. The molecule has 180 valence electrons. The van der Waals surface area contributed by atoms with Crippen molar-refractivity contribution in [3.8, 4) is 11.5 Å². The Morgan fingerprint density at radius 3 is 2.27 bits per heavy atom. The summed E-state index contributed by atoms with van der Waals surface area (Å²) in [5.74, 6) is 1.90. The molecular weight excluding hydrogens is 424 g/mol. The Balaban J connectivity index is 1.12. The van der Waals surface area contributed by atoms with Gasteiger partial charge in [0.2, 0.25) is 11.8 Å². The van der Waals surface area contributed by atoms with E-state index < -0.39 is 0 Å². The van der Waals surface area contributed by atoms with Crippen LogP contribution in [0.25, 0.3) is 0 Å². The number of benzene rings is 1. The monoisotopic (exact) mass is 458 g/mol. The number of carbonyl (C=O) groups is 2. The van der Waals surface area contributed by atoms with Gasteiger partial charge in [-0.1, -0.05) is 6.07 Å². The summed E-state index contributed by atoms with van der Waals surface area (Å²) < 4.78 is 16.7. The standard InChI is InChI=1S/C24H34N4O5/c29-23(17-26-10-12-31-13-11-26)27-8-6-25(7-9-27)18-24(30)28-5-1-2-20(28)19-3-4-21-22(16-19)33-15-14-32-21/h3-4,16,20H,1-2,5-15,17-18H2. The highest BCUT2D eigenvalue weighted by Gasteiger charge is 2.32. The number of piperazine rings is 1. The summed E-state index contributed by atoms with van der Waals surface area (Å²) in [5, 5.41) is 0.